The molecule has 0 aliphatic rings. The number of H-pyrrole nitrogens is 1. The van der Waals surface area contributed by atoms with E-state index in [-0.39, 0.29) is 11.5 Å². The van der Waals surface area contributed by atoms with Crippen LogP contribution in [0, 0.1) is 11.3 Å². The Morgan fingerprint density at radius 1 is 1.33 bits per heavy atom. The van der Waals surface area contributed by atoms with Crippen LogP contribution in [-0.4, -0.2) is 47.0 Å². The topological polar surface area (TPSA) is 107 Å². The number of rotatable bonds is 5. The first-order valence-electron chi connectivity index (χ1n) is 8.10. The number of aromatic amines is 1. The van der Waals surface area contributed by atoms with Gasteiger partial charge in [-0.1, -0.05) is 0 Å². The van der Waals surface area contributed by atoms with Gasteiger partial charge < -0.3 is 19.9 Å². The smallest absolute Gasteiger partial charge is 0.264 e. The van der Waals surface area contributed by atoms with Crippen LogP contribution in [0.15, 0.2) is 42.4 Å². The van der Waals surface area contributed by atoms with Crippen LogP contribution in [0.3, 0.4) is 0 Å². The summed E-state index contributed by atoms with van der Waals surface area (Å²) in [6.45, 7) is 0. The highest BCUT2D eigenvalue weighted by molar-refractivity contribution is 6.02. The molecule has 1 amide bonds. The van der Waals surface area contributed by atoms with Crippen LogP contribution in [0.4, 0.5) is 11.5 Å². The number of aromatic nitrogens is 3. The normalized spacial score (nSPS) is 11.1. The number of hydrogen-bond donors (Lipinski definition) is 2. The fourth-order valence-electron chi connectivity index (χ4n) is 2.57. The summed E-state index contributed by atoms with van der Waals surface area (Å²) in [5.41, 5.74) is 2.08. The van der Waals surface area contributed by atoms with Gasteiger partial charge in [0.05, 0.1) is 12.5 Å². The molecular formula is C19H18N6O2. The maximum atomic E-state index is 12.1. The molecule has 136 valence electrons. The molecule has 0 fully saturated rings. The lowest BCUT2D eigenvalue weighted by atomic mass is 10.1. The van der Waals surface area contributed by atoms with Crippen LogP contribution in [0.2, 0.25) is 0 Å². The number of nitrogens with one attached hydrogen (secondary N) is 2. The minimum absolute atomic E-state index is 0.0190. The molecule has 3 rings (SSSR count). The molecule has 0 spiro atoms. The van der Waals surface area contributed by atoms with E-state index in [1.807, 2.05) is 18.2 Å². The number of anilines is 2. The van der Waals surface area contributed by atoms with E-state index < -0.39 is 0 Å². The molecule has 27 heavy (non-hydrogen) atoms. The summed E-state index contributed by atoms with van der Waals surface area (Å²) < 4.78 is 5.36. The van der Waals surface area contributed by atoms with Crippen LogP contribution in [-0.2, 0) is 4.79 Å². The Morgan fingerprint density at radius 3 is 2.85 bits per heavy atom. The molecule has 8 heteroatoms. The van der Waals surface area contributed by atoms with Crippen molar-refractivity contribution in [3.8, 4) is 11.8 Å². The molecule has 0 radical (unpaired) electrons. The molecule has 0 aliphatic carbocycles. The number of ether oxygens (including phenoxy) is 1. The molecule has 3 aromatic rings. The minimum Gasteiger partial charge on any atom is -0.496 e. The van der Waals surface area contributed by atoms with Gasteiger partial charge in [0, 0.05) is 31.5 Å². The number of hydrogen-bond acceptors (Lipinski definition) is 6. The SMILES string of the molecule is COc1ccc(Nc2ncnc3[nH]ccc23)cc1C=C(C#N)C(=O)N(C)C. The van der Waals surface area contributed by atoms with Gasteiger partial charge in [-0.15, -0.1) is 0 Å². The monoisotopic (exact) mass is 362 g/mol. The molecule has 0 unspecified atom stereocenters. The van der Waals surface area contributed by atoms with Crippen molar-refractivity contribution in [1.82, 2.24) is 19.9 Å². The van der Waals surface area contributed by atoms with E-state index in [4.69, 9.17) is 4.74 Å². The third-order valence-electron chi connectivity index (χ3n) is 3.90. The average molecular weight is 362 g/mol. The lowest BCUT2D eigenvalue weighted by Gasteiger charge is -2.12. The van der Waals surface area contributed by atoms with Crippen molar-refractivity contribution in [3.63, 3.8) is 0 Å². The zero-order valence-electron chi connectivity index (χ0n) is 15.1. The van der Waals surface area contributed by atoms with Crippen LogP contribution in [0.25, 0.3) is 17.1 Å². The number of nitriles is 1. The molecule has 0 bridgehead atoms. The number of likely N-dealkylation sites (N-methyl/N-ethyl adjacent to an activating group) is 1. The van der Waals surface area contributed by atoms with Gasteiger partial charge in [0.25, 0.3) is 5.91 Å². The molecule has 0 saturated carbocycles. The average Bonchev–Trinajstić information content (AvgIpc) is 3.15. The molecular weight excluding hydrogens is 344 g/mol. The number of carbonyl (C=O) groups excluding carboxylic acids is 1. The standard InChI is InChI=1S/C19H18N6O2/c1-25(2)19(26)13(10-20)8-12-9-14(4-5-16(12)27-3)24-18-15-6-7-21-17(15)22-11-23-18/h4-9,11H,1-3H3,(H2,21,22,23,24). The first-order valence-corrected chi connectivity index (χ1v) is 8.10. The van der Waals surface area contributed by atoms with Crippen molar-refractivity contribution in [2.24, 2.45) is 0 Å². The van der Waals surface area contributed by atoms with E-state index in [0.29, 0.717) is 17.1 Å². The largest absolute Gasteiger partial charge is 0.496 e. The Hall–Kier alpha value is -3.86. The van der Waals surface area contributed by atoms with Gasteiger partial charge >= 0.3 is 0 Å². The van der Waals surface area contributed by atoms with E-state index in [0.717, 1.165) is 16.7 Å². The van der Waals surface area contributed by atoms with Crippen LogP contribution < -0.4 is 10.1 Å². The quantitative estimate of drug-likeness (QED) is 0.534. The Bertz CT molecular complexity index is 1060. The third-order valence-corrected chi connectivity index (χ3v) is 3.90. The van der Waals surface area contributed by atoms with Gasteiger partial charge in [-0.2, -0.15) is 5.26 Å². The van der Waals surface area contributed by atoms with Gasteiger partial charge in [0.1, 0.15) is 35.2 Å². The Labute approximate surface area is 156 Å². The Kier molecular flexibility index (Phi) is 5.04. The van der Waals surface area contributed by atoms with Crippen molar-refractivity contribution in [2.45, 2.75) is 0 Å². The molecule has 0 saturated heterocycles. The molecule has 0 aliphatic heterocycles. The molecule has 2 heterocycles. The van der Waals surface area contributed by atoms with Gasteiger partial charge in [-0.05, 0) is 30.3 Å². The van der Waals surface area contributed by atoms with Gasteiger partial charge in [0.2, 0.25) is 0 Å². The maximum Gasteiger partial charge on any atom is 0.264 e. The van der Waals surface area contributed by atoms with Crippen molar-refractivity contribution in [3.05, 3.63) is 47.9 Å². The molecule has 1 aromatic carbocycles. The van der Waals surface area contributed by atoms with E-state index in [2.05, 4.69) is 20.3 Å². The highest BCUT2D eigenvalue weighted by Crippen LogP contribution is 2.28. The van der Waals surface area contributed by atoms with Crippen molar-refractivity contribution < 1.29 is 9.53 Å². The Morgan fingerprint density at radius 2 is 2.15 bits per heavy atom. The summed E-state index contributed by atoms with van der Waals surface area (Å²) in [6, 6.07) is 9.21. The van der Waals surface area contributed by atoms with Gasteiger partial charge in [0.15, 0.2) is 0 Å². The van der Waals surface area contributed by atoms with E-state index in [1.54, 1.807) is 32.4 Å². The maximum absolute atomic E-state index is 12.1. The summed E-state index contributed by atoms with van der Waals surface area (Å²) in [5, 5.41) is 13.4. The number of nitrogens with zero attached hydrogens (tertiary/aromatic N) is 4. The molecule has 2 aromatic heterocycles. The predicted octanol–water partition coefficient (Wildman–Crippen LogP) is 2.71. The first kappa shape index (κ1) is 17.9. The molecule has 0 atom stereocenters. The van der Waals surface area contributed by atoms with Crippen molar-refractivity contribution >= 4 is 34.5 Å². The highest BCUT2D eigenvalue weighted by Gasteiger charge is 2.13. The summed E-state index contributed by atoms with van der Waals surface area (Å²) >= 11 is 0. The molecule has 2 N–H and O–H groups in total. The van der Waals surface area contributed by atoms with E-state index >= 15 is 0 Å². The number of carbonyl (C=O) groups is 1. The fraction of sp³-hybridized carbons (Fsp3) is 0.158. The van der Waals surface area contributed by atoms with Crippen LogP contribution in [0.1, 0.15) is 5.56 Å². The second kappa shape index (κ2) is 7.58. The third kappa shape index (κ3) is 3.72. The summed E-state index contributed by atoms with van der Waals surface area (Å²) in [4.78, 5) is 25.0. The number of benzene rings is 1. The second-order valence-electron chi connectivity index (χ2n) is 5.91. The zero-order chi connectivity index (χ0) is 19.4. The molecule has 8 nitrogen and oxygen atoms in total. The van der Waals surface area contributed by atoms with Gasteiger partial charge in [-0.25, -0.2) is 9.97 Å². The van der Waals surface area contributed by atoms with E-state index in [1.165, 1.54) is 24.4 Å². The second-order valence-corrected chi connectivity index (χ2v) is 5.91. The fourth-order valence-corrected chi connectivity index (χ4v) is 2.57. The first-order chi connectivity index (χ1) is 13.0. The lowest BCUT2D eigenvalue weighted by molar-refractivity contribution is -0.124. The minimum atomic E-state index is -0.372. The summed E-state index contributed by atoms with van der Waals surface area (Å²) in [6.07, 6.45) is 4.77. The summed E-state index contributed by atoms with van der Waals surface area (Å²) in [5.74, 6) is 0.823. The van der Waals surface area contributed by atoms with Crippen LogP contribution >= 0.6 is 0 Å². The lowest BCUT2D eigenvalue weighted by Crippen LogP contribution is -2.22. The van der Waals surface area contributed by atoms with Crippen molar-refractivity contribution in [1.29, 1.82) is 5.26 Å². The van der Waals surface area contributed by atoms with Crippen molar-refractivity contribution in [2.75, 3.05) is 26.5 Å². The predicted molar refractivity (Wildman–Crippen MR) is 102 cm³/mol. The number of methoxy groups -OCH3 is 1. The van der Waals surface area contributed by atoms with Crippen LogP contribution in [0.5, 0.6) is 5.75 Å². The van der Waals surface area contributed by atoms with E-state index in [9.17, 15) is 10.1 Å². The zero-order valence-corrected chi connectivity index (χ0v) is 15.1. The summed E-state index contributed by atoms with van der Waals surface area (Å²) in [7, 11) is 4.73. The number of fused-ring (bicyclic) bond motifs is 1. The van der Waals surface area contributed by atoms with Gasteiger partial charge in [-0.3, -0.25) is 4.79 Å². The number of amides is 1. The highest BCUT2D eigenvalue weighted by atomic mass is 16.5. The Balaban J connectivity index is 2.00.